The first-order valence-corrected chi connectivity index (χ1v) is 11.1. The standard InChI is InChI=1S/C24H26O2P/c1-20(2)24(25)26-18-19-27(21-12-6-3-7-13-21,22-14-8-4-9-15-22)23-16-10-5-11-17-23/h3-17,24-25H,1,18-19H2,2H3/q+1. The maximum absolute atomic E-state index is 10.0. The van der Waals surface area contributed by atoms with Crippen LogP contribution >= 0.6 is 7.26 Å². The first-order valence-electron chi connectivity index (χ1n) is 9.14. The van der Waals surface area contributed by atoms with Crippen LogP contribution in [0, 0.1) is 0 Å². The molecule has 0 bridgehead atoms. The number of aliphatic hydroxyl groups is 1. The highest BCUT2D eigenvalue weighted by Gasteiger charge is 2.44. The van der Waals surface area contributed by atoms with Gasteiger partial charge in [-0.3, -0.25) is 0 Å². The summed E-state index contributed by atoms with van der Waals surface area (Å²) in [5.41, 5.74) is 0.623. The molecule has 1 N–H and O–H groups in total. The average Bonchev–Trinajstić information content (AvgIpc) is 2.73. The van der Waals surface area contributed by atoms with Gasteiger partial charge in [0.25, 0.3) is 0 Å². The van der Waals surface area contributed by atoms with E-state index >= 15 is 0 Å². The van der Waals surface area contributed by atoms with Crippen molar-refractivity contribution in [2.75, 3.05) is 12.8 Å². The van der Waals surface area contributed by atoms with Crippen molar-refractivity contribution in [1.82, 2.24) is 0 Å². The molecule has 27 heavy (non-hydrogen) atoms. The molecule has 1 atom stereocenters. The van der Waals surface area contributed by atoms with Crippen molar-refractivity contribution in [3.05, 3.63) is 103 Å². The van der Waals surface area contributed by atoms with Crippen molar-refractivity contribution >= 4 is 23.2 Å². The van der Waals surface area contributed by atoms with Crippen LogP contribution in [0.25, 0.3) is 0 Å². The van der Waals surface area contributed by atoms with Gasteiger partial charge in [-0.2, -0.15) is 0 Å². The van der Waals surface area contributed by atoms with Crippen molar-refractivity contribution in [2.24, 2.45) is 0 Å². The Labute approximate surface area is 162 Å². The zero-order chi connectivity index (χ0) is 19.1. The zero-order valence-corrected chi connectivity index (χ0v) is 16.6. The van der Waals surface area contributed by atoms with Crippen LogP contribution in [0.15, 0.2) is 103 Å². The van der Waals surface area contributed by atoms with E-state index in [1.54, 1.807) is 6.92 Å². The second-order valence-electron chi connectivity index (χ2n) is 6.61. The number of ether oxygens (including phenoxy) is 1. The van der Waals surface area contributed by atoms with E-state index in [0.717, 1.165) is 6.16 Å². The zero-order valence-electron chi connectivity index (χ0n) is 15.7. The average molecular weight is 377 g/mol. The van der Waals surface area contributed by atoms with Gasteiger partial charge in [-0.15, -0.1) is 0 Å². The van der Waals surface area contributed by atoms with E-state index in [9.17, 15) is 5.11 Å². The number of hydrogen-bond acceptors (Lipinski definition) is 2. The minimum atomic E-state index is -1.91. The molecular weight excluding hydrogens is 351 g/mol. The lowest BCUT2D eigenvalue weighted by Crippen LogP contribution is -2.35. The highest BCUT2D eigenvalue weighted by atomic mass is 31.2. The molecule has 0 aromatic heterocycles. The summed E-state index contributed by atoms with van der Waals surface area (Å²) in [6.45, 7) is 6.01. The summed E-state index contributed by atoms with van der Waals surface area (Å²) < 4.78 is 5.71. The lowest BCUT2D eigenvalue weighted by Gasteiger charge is -2.28. The SMILES string of the molecule is C=C(C)C(O)OCC[P+](c1ccccc1)(c1ccccc1)c1ccccc1. The van der Waals surface area contributed by atoms with E-state index in [1.807, 2.05) is 0 Å². The van der Waals surface area contributed by atoms with Gasteiger partial charge in [-0.25, -0.2) is 0 Å². The molecule has 3 aromatic rings. The summed E-state index contributed by atoms with van der Waals surface area (Å²) in [6, 6.07) is 32.0. The molecule has 0 aliphatic carbocycles. The fourth-order valence-corrected chi connectivity index (χ4v) is 7.42. The van der Waals surface area contributed by atoms with Crippen LogP contribution in [0.2, 0.25) is 0 Å². The highest BCUT2D eigenvalue weighted by Crippen LogP contribution is 2.55. The van der Waals surface area contributed by atoms with Crippen LogP contribution < -0.4 is 15.9 Å². The molecule has 0 aliphatic rings. The Bertz CT molecular complexity index is 751. The van der Waals surface area contributed by atoms with Gasteiger partial charge in [0, 0.05) is 0 Å². The van der Waals surface area contributed by atoms with E-state index in [1.165, 1.54) is 15.9 Å². The smallest absolute Gasteiger partial charge is 0.176 e. The molecule has 3 rings (SSSR count). The molecule has 0 saturated heterocycles. The van der Waals surface area contributed by atoms with Crippen LogP contribution in [0.4, 0.5) is 0 Å². The Hall–Kier alpha value is -2.25. The predicted octanol–water partition coefficient (Wildman–Crippen LogP) is 3.89. The maximum Gasteiger partial charge on any atom is 0.176 e. The van der Waals surface area contributed by atoms with Crippen molar-refractivity contribution in [1.29, 1.82) is 0 Å². The van der Waals surface area contributed by atoms with Crippen LogP contribution in [0.1, 0.15) is 6.92 Å². The minimum Gasteiger partial charge on any atom is -0.364 e. The molecule has 0 spiro atoms. The van der Waals surface area contributed by atoms with Crippen molar-refractivity contribution in [3.8, 4) is 0 Å². The molecule has 0 saturated carbocycles. The van der Waals surface area contributed by atoms with E-state index in [-0.39, 0.29) is 0 Å². The van der Waals surface area contributed by atoms with Crippen molar-refractivity contribution in [2.45, 2.75) is 13.2 Å². The molecule has 0 heterocycles. The molecule has 1 unspecified atom stereocenters. The number of aliphatic hydroxyl groups excluding tert-OH is 1. The molecule has 0 aliphatic heterocycles. The third kappa shape index (κ3) is 4.36. The Kier molecular flexibility index (Phi) is 6.58. The van der Waals surface area contributed by atoms with Crippen molar-refractivity contribution in [3.63, 3.8) is 0 Å². The van der Waals surface area contributed by atoms with E-state index in [4.69, 9.17) is 4.74 Å². The van der Waals surface area contributed by atoms with Gasteiger partial charge in [-0.1, -0.05) is 61.2 Å². The van der Waals surface area contributed by atoms with Gasteiger partial charge >= 0.3 is 0 Å². The second kappa shape index (κ2) is 9.10. The molecule has 3 aromatic carbocycles. The minimum absolute atomic E-state index is 0.459. The molecule has 0 fully saturated rings. The van der Waals surface area contributed by atoms with E-state index in [2.05, 4.69) is 97.6 Å². The summed E-state index contributed by atoms with van der Waals surface area (Å²) in [7, 11) is -1.91. The van der Waals surface area contributed by atoms with Crippen LogP contribution in [0.5, 0.6) is 0 Å². The van der Waals surface area contributed by atoms with Gasteiger partial charge in [0.05, 0.1) is 12.8 Å². The Morgan fingerprint density at radius 2 is 1.19 bits per heavy atom. The summed E-state index contributed by atoms with van der Waals surface area (Å²) in [4.78, 5) is 0. The van der Waals surface area contributed by atoms with Gasteiger partial charge < -0.3 is 9.84 Å². The van der Waals surface area contributed by atoms with Crippen LogP contribution in [-0.2, 0) is 4.74 Å². The number of rotatable bonds is 8. The van der Waals surface area contributed by atoms with Crippen molar-refractivity contribution < 1.29 is 9.84 Å². The van der Waals surface area contributed by atoms with Gasteiger partial charge in [-0.05, 0) is 48.9 Å². The second-order valence-corrected chi connectivity index (χ2v) is 10.2. The van der Waals surface area contributed by atoms with Gasteiger partial charge in [0.1, 0.15) is 23.2 Å². The first kappa shape index (κ1) is 19.5. The molecular formula is C24H26O2P+. The molecule has 0 radical (unpaired) electrons. The van der Waals surface area contributed by atoms with Crippen LogP contribution in [0.3, 0.4) is 0 Å². The quantitative estimate of drug-likeness (QED) is 0.367. The molecule has 2 nitrogen and oxygen atoms in total. The topological polar surface area (TPSA) is 29.5 Å². The summed E-state index contributed by atoms with van der Waals surface area (Å²) >= 11 is 0. The fourth-order valence-electron chi connectivity index (χ4n) is 3.33. The largest absolute Gasteiger partial charge is 0.364 e. The number of hydrogen-bond donors (Lipinski definition) is 1. The van der Waals surface area contributed by atoms with Gasteiger partial charge in [0.2, 0.25) is 0 Å². The third-order valence-corrected chi connectivity index (χ3v) is 9.11. The third-order valence-electron chi connectivity index (χ3n) is 4.71. The van der Waals surface area contributed by atoms with Gasteiger partial charge in [0.15, 0.2) is 6.29 Å². The highest BCUT2D eigenvalue weighted by molar-refractivity contribution is 7.95. The van der Waals surface area contributed by atoms with E-state index in [0.29, 0.717) is 12.2 Å². The Balaban J connectivity index is 2.10. The molecule has 138 valence electrons. The first-order chi connectivity index (χ1) is 13.1. The molecule has 3 heteroatoms. The summed E-state index contributed by atoms with van der Waals surface area (Å²) in [5.74, 6) is 0. The fraction of sp³-hybridized carbons (Fsp3) is 0.167. The Morgan fingerprint density at radius 3 is 1.52 bits per heavy atom. The lowest BCUT2D eigenvalue weighted by atomic mass is 10.3. The summed E-state index contributed by atoms with van der Waals surface area (Å²) in [5, 5.41) is 14.0. The predicted molar refractivity (Wildman–Crippen MR) is 117 cm³/mol. The molecule has 0 amide bonds. The number of benzene rings is 3. The Morgan fingerprint density at radius 1 is 0.815 bits per heavy atom. The summed E-state index contributed by atoms with van der Waals surface area (Å²) in [6.07, 6.45) is -0.107. The maximum atomic E-state index is 10.0. The normalized spacial score (nSPS) is 12.5. The van der Waals surface area contributed by atoms with E-state index < -0.39 is 13.6 Å². The van der Waals surface area contributed by atoms with Crippen LogP contribution in [-0.4, -0.2) is 24.2 Å². The monoisotopic (exact) mass is 377 g/mol. The lowest BCUT2D eigenvalue weighted by molar-refractivity contribution is -0.0657.